The van der Waals surface area contributed by atoms with Gasteiger partial charge in [-0.3, -0.25) is 14.4 Å². The number of methoxy groups -OCH3 is 1. The van der Waals surface area contributed by atoms with Crippen molar-refractivity contribution in [2.45, 2.75) is 44.7 Å². The first-order chi connectivity index (χ1) is 16.0. The molecule has 0 bridgehead atoms. The average Bonchev–Trinajstić information content (AvgIpc) is 3.66. The summed E-state index contributed by atoms with van der Waals surface area (Å²) in [6.07, 6.45) is 3.24. The molecule has 7 heteroatoms. The van der Waals surface area contributed by atoms with Gasteiger partial charge in [0.05, 0.1) is 12.7 Å². The van der Waals surface area contributed by atoms with E-state index >= 15 is 0 Å². The predicted molar refractivity (Wildman–Crippen MR) is 125 cm³/mol. The molecule has 0 unspecified atom stereocenters. The molecular formula is C26H31N3O4. The highest BCUT2D eigenvalue weighted by Crippen LogP contribution is 2.26. The maximum atomic E-state index is 13.0. The van der Waals surface area contributed by atoms with E-state index in [1.165, 1.54) is 0 Å². The van der Waals surface area contributed by atoms with Crippen molar-refractivity contribution < 1.29 is 19.1 Å². The first kappa shape index (κ1) is 22.8. The SMILES string of the molecule is COc1ccccc1C(=O)N1CCC([C@H](NC(=O)c2ccc(C)cc2)C(=O)NC2CC2)CC1. The second kappa shape index (κ2) is 10.1. The van der Waals surface area contributed by atoms with Crippen LogP contribution in [0.25, 0.3) is 0 Å². The molecule has 4 rings (SSSR count). The van der Waals surface area contributed by atoms with E-state index in [2.05, 4.69) is 10.6 Å². The molecule has 2 N–H and O–H groups in total. The Bertz CT molecular complexity index is 1010. The van der Waals surface area contributed by atoms with Gasteiger partial charge in [0, 0.05) is 24.7 Å². The molecule has 0 spiro atoms. The maximum Gasteiger partial charge on any atom is 0.257 e. The van der Waals surface area contributed by atoms with Gasteiger partial charge in [0.25, 0.3) is 11.8 Å². The van der Waals surface area contributed by atoms with Crippen molar-refractivity contribution in [3.8, 4) is 5.75 Å². The summed E-state index contributed by atoms with van der Waals surface area (Å²) in [6.45, 7) is 3.01. The zero-order chi connectivity index (χ0) is 23.4. The van der Waals surface area contributed by atoms with Crippen LogP contribution in [-0.4, -0.2) is 54.9 Å². The number of nitrogens with one attached hydrogen (secondary N) is 2. The fourth-order valence-electron chi connectivity index (χ4n) is 4.27. The smallest absolute Gasteiger partial charge is 0.257 e. The van der Waals surface area contributed by atoms with Crippen molar-refractivity contribution in [3.63, 3.8) is 0 Å². The van der Waals surface area contributed by atoms with Crippen LogP contribution < -0.4 is 15.4 Å². The van der Waals surface area contributed by atoms with Crippen molar-refractivity contribution in [3.05, 3.63) is 65.2 Å². The number of amides is 3. The number of piperidine rings is 1. The van der Waals surface area contributed by atoms with Crippen LogP contribution in [0.3, 0.4) is 0 Å². The van der Waals surface area contributed by atoms with Gasteiger partial charge in [-0.05, 0) is 62.8 Å². The second-order valence-corrected chi connectivity index (χ2v) is 8.93. The van der Waals surface area contributed by atoms with Crippen LogP contribution >= 0.6 is 0 Å². The van der Waals surface area contributed by atoms with Crippen LogP contribution in [0.4, 0.5) is 0 Å². The Morgan fingerprint density at radius 2 is 1.64 bits per heavy atom. The Morgan fingerprint density at radius 1 is 0.970 bits per heavy atom. The lowest BCUT2D eigenvalue weighted by atomic mass is 9.88. The summed E-state index contributed by atoms with van der Waals surface area (Å²) in [5, 5.41) is 6.02. The van der Waals surface area contributed by atoms with Gasteiger partial charge in [-0.1, -0.05) is 29.8 Å². The molecule has 2 fully saturated rings. The minimum absolute atomic E-state index is 0.0418. The van der Waals surface area contributed by atoms with E-state index in [4.69, 9.17) is 4.74 Å². The van der Waals surface area contributed by atoms with Gasteiger partial charge in [0.2, 0.25) is 5.91 Å². The summed E-state index contributed by atoms with van der Waals surface area (Å²) in [5.41, 5.74) is 2.14. The molecule has 33 heavy (non-hydrogen) atoms. The predicted octanol–water partition coefficient (Wildman–Crippen LogP) is 2.93. The third kappa shape index (κ3) is 5.53. The molecule has 1 saturated heterocycles. The van der Waals surface area contributed by atoms with Crippen LogP contribution in [0.2, 0.25) is 0 Å². The number of para-hydroxylation sites is 1. The van der Waals surface area contributed by atoms with Gasteiger partial charge in [0.1, 0.15) is 11.8 Å². The van der Waals surface area contributed by atoms with Crippen molar-refractivity contribution in [1.29, 1.82) is 0 Å². The molecule has 174 valence electrons. The third-order valence-corrected chi connectivity index (χ3v) is 6.44. The highest BCUT2D eigenvalue weighted by Gasteiger charge is 2.36. The summed E-state index contributed by atoms with van der Waals surface area (Å²) in [6, 6.07) is 14.1. The zero-order valence-electron chi connectivity index (χ0n) is 19.2. The Balaban J connectivity index is 1.43. The average molecular weight is 450 g/mol. The summed E-state index contributed by atoms with van der Waals surface area (Å²) < 4.78 is 5.34. The van der Waals surface area contributed by atoms with E-state index < -0.39 is 6.04 Å². The molecule has 2 aromatic rings. The van der Waals surface area contributed by atoms with Gasteiger partial charge in [-0.15, -0.1) is 0 Å². The highest BCUT2D eigenvalue weighted by atomic mass is 16.5. The van der Waals surface area contributed by atoms with Crippen molar-refractivity contribution in [2.24, 2.45) is 5.92 Å². The van der Waals surface area contributed by atoms with E-state index in [0.717, 1.165) is 18.4 Å². The number of aryl methyl sites for hydroxylation is 1. The van der Waals surface area contributed by atoms with Crippen molar-refractivity contribution in [2.75, 3.05) is 20.2 Å². The lowest BCUT2D eigenvalue weighted by Crippen LogP contribution is -2.54. The van der Waals surface area contributed by atoms with E-state index in [-0.39, 0.29) is 29.7 Å². The molecule has 1 saturated carbocycles. The van der Waals surface area contributed by atoms with Crippen LogP contribution in [0.1, 0.15) is 52.0 Å². The van der Waals surface area contributed by atoms with Gasteiger partial charge in [0.15, 0.2) is 0 Å². The van der Waals surface area contributed by atoms with E-state index in [1.807, 2.05) is 31.2 Å². The largest absolute Gasteiger partial charge is 0.496 e. The molecule has 7 nitrogen and oxygen atoms in total. The number of ether oxygens (including phenoxy) is 1. The van der Waals surface area contributed by atoms with Crippen LogP contribution in [-0.2, 0) is 4.79 Å². The topological polar surface area (TPSA) is 87.7 Å². The second-order valence-electron chi connectivity index (χ2n) is 8.93. The van der Waals surface area contributed by atoms with E-state index in [1.54, 1.807) is 36.3 Å². The number of hydrogen-bond acceptors (Lipinski definition) is 4. The lowest BCUT2D eigenvalue weighted by Gasteiger charge is -2.36. The fraction of sp³-hybridized carbons (Fsp3) is 0.423. The third-order valence-electron chi connectivity index (χ3n) is 6.44. The normalized spacial score (nSPS) is 17.2. The van der Waals surface area contributed by atoms with Crippen molar-refractivity contribution >= 4 is 17.7 Å². The summed E-state index contributed by atoms with van der Waals surface area (Å²) in [5.74, 6) is 0.0519. The summed E-state index contributed by atoms with van der Waals surface area (Å²) in [4.78, 5) is 40.7. The minimum Gasteiger partial charge on any atom is -0.496 e. The molecule has 1 atom stereocenters. The lowest BCUT2D eigenvalue weighted by molar-refractivity contribution is -0.124. The van der Waals surface area contributed by atoms with Crippen LogP contribution in [0.15, 0.2) is 48.5 Å². The molecule has 1 heterocycles. The number of rotatable bonds is 7. The number of hydrogen-bond donors (Lipinski definition) is 2. The number of nitrogens with zero attached hydrogens (tertiary/aromatic N) is 1. The molecular weight excluding hydrogens is 418 g/mol. The Morgan fingerprint density at radius 3 is 2.27 bits per heavy atom. The summed E-state index contributed by atoms with van der Waals surface area (Å²) >= 11 is 0. The number of benzene rings is 2. The molecule has 3 amide bonds. The molecule has 1 aliphatic heterocycles. The Hall–Kier alpha value is -3.35. The first-order valence-corrected chi connectivity index (χ1v) is 11.6. The van der Waals surface area contributed by atoms with Crippen LogP contribution in [0, 0.1) is 12.8 Å². The number of carbonyl (C=O) groups is 3. The molecule has 0 radical (unpaired) electrons. The highest BCUT2D eigenvalue weighted by molar-refractivity contribution is 5.98. The zero-order valence-corrected chi connectivity index (χ0v) is 19.2. The van der Waals surface area contributed by atoms with Crippen LogP contribution in [0.5, 0.6) is 5.75 Å². The Labute approximate surface area is 194 Å². The molecule has 2 aromatic carbocycles. The fourth-order valence-corrected chi connectivity index (χ4v) is 4.27. The number of carbonyl (C=O) groups excluding carboxylic acids is 3. The van der Waals surface area contributed by atoms with E-state index in [9.17, 15) is 14.4 Å². The van der Waals surface area contributed by atoms with Gasteiger partial charge in [-0.25, -0.2) is 0 Å². The van der Waals surface area contributed by atoms with Gasteiger partial charge in [-0.2, -0.15) is 0 Å². The Kier molecular flexibility index (Phi) is 6.96. The first-order valence-electron chi connectivity index (χ1n) is 11.6. The monoisotopic (exact) mass is 449 g/mol. The molecule has 2 aliphatic rings. The maximum absolute atomic E-state index is 13.0. The number of likely N-dealkylation sites (tertiary alicyclic amines) is 1. The van der Waals surface area contributed by atoms with Gasteiger partial charge >= 0.3 is 0 Å². The standard InChI is InChI=1S/C26H31N3O4/c1-17-7-9-19(10-8-17)24(30)28-23(25(31)27-20-11-12-20)18-13-15-29(16-14-18)26(32)21-5-3-4-6-22(21)33-2/h3-10,18,20,23H,11-16H2,1-2H3,(H,27,31)(H,28,30)/t23-/m0/s1. The van der Waals surface area contributed by atoms with Gasteiger partial charge < -0.3 is 20.3 Å². The van der Waals surface area contributed by atoms with Crippen molar-refractivity contribution in [1.82, 2.24) is 15.5 Å². The molecule has 0 aromatic heterocycles. The summed E-state index contributed by atoms with van der Waals surface area (Å²) in [7, 11) is 1.55. The minimum atomic E-state index is -0.622. The molecule has 1 aliphatic carbocycles. The quantitative estimate of drug-likeness (QED) is 0.680. The van der Waals surface area contributed by atoms with E-state index in [0.29, 0.717) is 42.8 Å².